The molecule has 8 heteroatoms. The molecular weight excluding hydrogens is 320 g/mol. The second-order valence-corrected chi connectivity index (χ2v) is 7.01. The average Bonchev–Trinajstić information content (AvgIpc) is 2.98. The van der Waals surface area contributed by atoms with E-state index in [1.54, 1.807) is 13.3 Å². The highest BCUT2D eigenvalue weighted by Gasteiger charge is 2.21. The third-order valence-electron chi connectivity index (χ3n) is 3.73. The topological polar surface area (TPSA) is 94.8 Å². The Hall–Kier alpha value is -2.51. The number of hydrogen-bond acceptors (Lipinski definition) is 7. The van der Waals surface area contributed by atoms with Crippen LogP contribution in [0, 0.1) is 0 Å². The Labute approximate surface area is 148 Å². The van der Waals surface area contributed by atoms with Crippen LogP contribution in [-0.4, -0.2) is 43.9 Å². The zero-order chi connectivity index (χ0) is 18.6. The van der Waals surface area contributed by atoms with E-state index in [9.17, 15) is 4.79 Å². The lowest BCUT2D eigenvalue weighted by molar-refractivity contribution is 0.0511. The van der Waals surface area contributed by atoms with Crippen LogP contribution in [0.4, 0.5) is 5.82 Å². The van der Waals surface area contributed by atoms with Crippen molar-refractivity contribution in [2.75, 3.05) is 18.5 Å². The summed E-state index contributed by atoms with van der Waals surface area (Å²) in [7, 11) is 1.91. The molecule has 1 unspecified atom stereocenters. The van der Waals surface area contributed by atoms with Crippen molar-refractivity contribution in [3.63, 3.8) is 0 Å². The molecule has 0 spiro atoms. The highest BCUT2D eigenvalue weighted by Crippen LogP contribution is 2.23. The highest BCUT2D eigenvalue weighted by atomic mass is 16.5. The molecule has 0 fully saturated rings. The number of nitrogens with one attached hydrogen (secondary N) is 1. The number of aromatic nitrogens is 5. The fourth-order valence-electron chi connectivity index (χ4n) is 2.30. The molecule has 0 aliphatic heterocycles. The van der Waals surface area contributed by atoms with Gasteiger partial charge in [0.15, 0.2) is 0 Å². The number of ether oxygens (including phenoxy) is 1. The first-order valence-electron chi connectivity index (χ1n) is 8.36. The van der Waals surface area contributed by atoms with Gasteiger partial charge in [-0.3, -0.25) is 0 Å². The summed E-state index contributed by atoms with van der Waals surface area (Å²) in [6.07, 6.45) is 1.67. The van der Waals surface area contributed by atoms with Crippen LogP contribution >= 0.6 is 0 Å². The minimum absolute atomic E-state index is 0.0723. The molecule has 0 aliphatic carbocycles. The fourth-order valence-corrected chi connectivity index (χ4v) is 2.30. The van der Waals surface area contributed by atoms with Gasteiger partial charge in [0.25, 0.3) is 0 Å². The van der Waals surface area contributed by atoms with Gasteiger partial charge in [-0.1, -0.05) is 27.7 Å². The zero-order valence-electron chi connectivity index (χ0n) is 15.7. The van der Waals surface area contributed by atoms with Gasteiger partial charge in [0.1, 0.15) is 18.0 Å². The molecule has 1 N–H and O–H groups in total. The second-order valence-electron chi connectivity index (χ2n) is 7.01. The standard InChI is InChI=1S/C17H26N6O2/c1-7-25-16(24)14-20-12(17(3,4)5)8-13(21-14)18-9-11(2)15-22-19-10-23(15)6/h8,10-11H,7,9H2,1-6H3,(H,18,20,21). The maximum absolute atomic E-state index is 12.0. The van der Waals surface area contributed by atoms with Crippen molar-refractivity contribution in [3.05, 3.63) is 29.7 Å². The summed E-state index contributed by atoms with van der Waals surface area (Å²) in [4.78, 5) is 20.7. The lowest BCUT2D eigenvalue weighted by Crippen LogP contribution is -2.21. The molecule has 1 atom stereocenters. The third kappa shape index (κ3) is 4.74. The number of esters is 1. The molecule has 2 heterocycles. The summed E-state index contributed by atoms with van der Waals surface area (Å²) in [6, 6.07) is 1.87. The van der Waals surface area contributed by atoms with E-state index in [1.165, 1.54) is 0 Å². The highest BCUT2D eigenvalue weighted by molar-refractivity contribution is 5.85. The number of carbonyl (C=O) groups excluding carboxylic acids is 1. The molecule has 8 nitrogen and oxygen atoms in total. The van der Waals surface area contributed by atoms with Gasteiger partial charge in [-0.15, -0.1) is 10.2 Å². The van der Waals surface area contributed by atoms with Crippen molar-refractivity contribution in [1.82, 2.24) is 24.7 Å². The Morgan fingerprint density at radius 3 is 2.64 bits per heavy atom. The predicted molar refractivity (Wildman–Crippen MR) is 94.6 cm³/mol. The largest absolute Gasteiger partial charge is 0.460 e. The first-order valence-corrected chi connectivity index (χ1v) is 8.36. The van der Waals surface area contributed by atoms with Crippen LogP contribution < -0.4 is 5.32 Å². The molecule has 0 aliphatic rings. The van der Waals surface area contributed by atoms with Crippen LogP contribution in [0.5, 0.6) is 0 Å². The molecular formula is C17H26N6O2. The van der Waals surface area contributed by atoms with Crippen molar-refractivity contribution in [2.45, 2.75) is 46.0 Å². The Kier molecular flexibility index (Phi) is 5.71. The lowest BCUT2D eigenvalue weighted by atomic mass is 9.92. The van der Waals surface area contributed by atoms with E-state index in [4.69, 9.17) is 4.74 Å². The van der Waals surface area contributed by atoms with E-state index in [2.05, 4.69) is 32.4 Å². The van der Waals surface area contributed by atoms with Crippen LogP contribution in [0.3, 0.4) is 0 Å². The van der Waals surface area contributed by atoms with E-state index in [0.717, 1.165) is 11.5 Å². The van der Waals surface area contributed by atoms with Crippen LogP contribution in [0.25, 0.3) is 0 Å². The number of aryl methyl sites for hydroxylation is 1. The SMILES string of the molecule is CCOC(=O)c1nc(NCC(C)c2nncn2C)cc(C(C)(C)C)n1. The van der Waals surface area contributed by atoms with Gasteiger partial charge in [0, 0.05) is 31.0 Å². The van der Waals surface area contributed by atoms with Gasteiger partial charge in [-0.2, -0.15) is 0 Å². The quantitative estimate of drug-likeness (QED) is 0.802. The van der Waals surface area contributed by atoms with Crippen LogP contribution in [0.1, 0.15) is 62.7 Å². The summed E-state index contributed by atoms with van der Waals surface area (Å²) >= 11 is 0. The molecule has 2 aromatic rings. The van der Waals surface area contributed by atoms with Crippen molar-refractivity contribution >= 4 is 11.8 Å². The Bertz CT molecular complexity index is 735. The van der Waals surface area contributed by atoms with Crippen LogP contribution in [0.15, 0.2) is 12.4 Å². The summed E-state index contributed by atoms with van der Waals surface area (Å²) in [5.41, 5.74) is 0.565. The summed E-state index contributed by atoms with van der Waals surface area (Å²) in [6.45, 7) is 10.8. The molecule has 0 aromatic carbocycles. The van der Waals surface area contributed by atoms with Crippen LogP contribution in [-0.2, 0) is 17.2 Å². The van der Waals surface area contributed by atoms with Gasteiger partial charge < -0.3 is 14.6 Å². The summed E-state index contributed by atoms with van der Waals surface area (Å²) < 4.78 is 6.92. The molecule has 136 valence electrons. The smallest absolute Gasteiger partial charge is 0.376 e. The van der Waals surface area contributed by atoms with Gasteiger partial charge in [-0.25, -0.2) is 14.8 Å². The molecule has 0 saturated carbocycles. The second kappa shape index (κ2) is 7.58. The van der Waals surface area contributed by atoms with E-state index in [0.29, 0.717) is 12.4 Å². The Morgan fingerprint density at radius 1 is 1.36 bits per heavy atom. The van der Waals surface area contributed by atoms with Crippen molar-refractivity contribution < 1.29 is 9.53 Å². The average molecular weight is 346 g/mol. The van der Waals surface area contributed by atoms with Crippen LogP contribution in [0.2, 0.25) is 0 Å². The monoisotopic (exact) mass is 346 g/mol. The van der Waals surface area contributed by atoms with E-state index in [-0.39, 0.29) is 23.8 Å². The van der Waals surface area contributed by atoms with Crippen molar-refractivity contribution in [1.29, 1.82) is 0 Å². The van der Waals surface area contributed by atoms with E-state index in [1.807, 2.05) is 38.5 Å². The predicted octanol–water partition coefficient (Wildman–Crippen LogP) is 2.29. The molecule has 25 heavy (non-hydrogen) atoms. The molecule has 0 amide bonds. The summed E-state index contributed by atoms with van der Waals surface area (Å²) in [5, 5.41) is 11.3. The lowest BCUT2D eigenvalue weighted by Gasteiger charge is -2.20. The first-order chi connectivity index (χ1) is 11.7. The number of nitrogens with zero attached hydrogens (tertiary/aromatic N) is 5. The van der Waals surface area contributed by atoms with Gasteiger partial charge in [0.05, 0.1) is 12.3 Å². The molecule has 2 aromatic heterocycles. The minimum atomic E-state index is -0.516. The molecule has 0 bridgehead atoms. The maximum Gasteiger partial charge on any atom is 0.376 e. The van der Waals surface area contributed by atoms with Crippen molar-refractivity contribution in [2.24, 2.45) is 7.05 Å². The molecule has 0 radical (unpaired) electrons. The number of rotatable bonds is 6. The van der Waals surface area contributed by atoms with Gasteiger partial charge in [-0.05, 0) is 6.92 Å². The fraction of sp³-hybridized carbons (Fsp3) is 0.588. The Balaban J connectivity index is 2.22. The maximum atomic E-state index is 12.0. The number of hydrogen-bond donors (Lipinski definition) is 1. The summed E-state index contributed by atoms with van der Waals surface area (Å²) in [5.74, 6) is 1.16. The number of carbonyl (C=O) groups is 1. The normalized spacial score (nSPS) is 12.7. The van der Waals surface area contributed by atoms with E-state index < -0.39 is 5.97 Å². The molecule has 2 rings (SSSR count). The van der Waals surface area contributed by atoms with Gasteiger partial charge in [0.2, 0.25) is 5.82 Å². The number of anilines is 1. The van der Waals surface area contributed by atoms with Crippen molar-refractivity contribution in [3.8, 4) is 0 Å². The van der Waals surface area contributed by atoms with Gasteiger partial charge >= 0.3 is 5.97 Å². The zero-order valence-corrected chi connectivity index (χ0v) is 15.7. The molecule has 0 saturated heterocycles. The third-order valence-corrected chi connectivity index (χ3v) is 3.73. The Morgan fingerprint density at radius 2 is 2.08 bits per heavy atom. The minimum Gasteiger partial charge on any atom is -0.460 e. The first kappa shape index (κ1) is 18.8. The van der Waals surface area contributed by atoms with E-state index >= 15 is 0 Å².